The van der Waals surface area contributed by atoms with Gasteiger partial charge in [-0.15, -0.1) is 0 Å². The molecule has 210 valence electrons. The SMILES string of the molecule is CCN(CC)CCCNc1ncc2cc(-c3cc(NC(=O)c4cc(F)cc(C(F)(F)F)c4)ccc3C)ccc2n1. The molecular weight excluding hydrogens is 522 g/mol. The van der Waals surface area contributed by atoms with E-state index in [4.69, 9.17) is 0 Å². The van der Waals surface area contributed by atoms with Crippen LogP contribution < -0.4 is 10.6 Å². The zero-order valence-electron chi connectivity index (χ0n) is 22.6. The van der Waals surface area contributed by atoms with Crippen molar-refractivity contribution in [2.24, 2.45) is 0 Å². The van der Waals surface area contributed by atoms with Gasteiger partial charge in [0.05, 0.1) is 11.1 Å². The van der Waals surface area contributed by atoms with Crippen LogP contribution >= 0.6 is 0 Å². The highest BCUT2D eigenvalue weighted by Crippen LogP contribution is 2.32. The second kappa shape index (κ2) is 12.4. The summed E-state index contributed by atoms with van der Waals surface area (Å²) in [4.78, 5) is 24.1. The molecule has 0 fully saturated rings. The summed E-state index contributed by atoms with van der Waals surface area (Å²) in [7, 11) is 0. The number of fused-ring (bicyclic) bond motifs is 1. The highest BCUT2D eigenvalue weighted by molar-refractivity contribution is 6.04. The number of aryl methyl sites for hydroxylation is 1. The molecule has 1 amide bonds. The van der Waals surface area contributed by atoms with Gasteiger partial charge in [0, 0.05) is 29.4 Å². The first kappa shape index (κ1) is 28.9. The number of anilines is 2. The quantitative estimate of drug-likeness (QED) is 0.161. The van der Waals surface area contributed by atoms with Gasteiger partial charge < -0.3 is 15.5 Å². The van der Waals surface area contributed by atoms with Gasteiger partial charge in [-0.05, 0) is 92.1 Å². The van der Waals surface area contributed by atoms with Gasteiger partial charge in [0.15, 0.2) is 0 Å². The number of aromatic nitrogens is 2. The number of amides is 1. The molecule has 0 saturated carbocycles. The van der Waals surface area contributed by atoms with Crippen LogP contribution in [0.25, 0.3) is 22.0 Å². The van der Waals surface area contributed by atoms with E-state index in [0.29, 0.717) is 23.8 Å². The van der Waals surface area contributed by atoms with Crippen LogP contribution in [0, 0.1) is 12.7 Å². The molecule has 0 aliphatic carbocycles. The normalized spacial score (nSPS) is 11.7. The first-order chi connectivity index (χ1) is 19.1. The summed E-state index contributed by atoms with van der Waals surface area (Å²) in [6.45, 7) is 10.0. The van der Waals surface area contributed by atoms with Gasteiger partial charge in [0.1, 0.15) is 5.82 Å². The Labute approximate surface area is 230 Å². The highest BCUT2D eigenvalue weighted by atomic mass is 19.4. The van der Waals surface area contributed by atoms with Gasteiger partial charge in [0.25, 0.3) is 5.91 Å². The van der Waals surface area contributed by atoms with E-state index < -0.39 is 29.0 Å². The lowest BCUT2D eigenvalue weighted by Gasteiger charge is -2.17. The van der Waals surface area contributed by atoms with Gasteiger partial charge in [-0.25, -0.2) is 14.4 Å². The molecule has 0 aliphatic rings. The number of alkyl halides is 3. The monoisotopic (exact) mass is 553 g/mol. The van der Waals surface area contributed by atoms with E-state index in [1.807, 2.05) is 25.1 Å². The van der Waals surface area contributed by atoms with E-state index in [1.165, 1.54) is 0 Å². The largest absolute Gasteiger partial charge is 0.416 e. The number of nitrogens with zero attached hydrogens (tertiary/aromatic N) is 3. The first-order valence-electron chi connectivity index (χ1n) is 13.1. The maximum Gasteiger partial charge on any atom is 0.416 e. The van der Waals surface area contributed by atoms with E-state index in [9.17, 15) is 22.4 Å². The summed E-state index contributed by atoms with van der Waals surface area (Å²) in [5.74, 6) is -1.42. The van der Waals surface area contributed by atoms with Crippen molar-refractivity contribution in [1.29, 1.82) is 0 Å². The lowest BCUT2D eigenvalue weighted by molar-refractivity contribution is -0.137. The van der Waals surface area contributed by atoms with Crippen LogP contribution in [0.3, 0.4) is 0 Å². The molecule has 0 radical (unpaired) electrons. The summed E-state index contributed by atoms with van der Waals surface area (Å²) in [6, 6.07) is 12.7. The number of carbonyl (C=O) groups is 1. The molecule has 0 atom stereocenters. The molecule has 0 unspecified atom stereocenters. The number of nitrogens with one attached hydrogen (secondary N) is 2. The van der Waals surface area contributed by atoms with Crippen molar-refractivity contribution in [2.75, 3.05) is 36.8 Å². The summed E-state index contributed by atoms with van der Waals surface area (Å²) in [5, 5.41) is 6.68. The molecule has 6 nitrogen and oxygen atoms in total. The number of hydrogen-bond donors (Lipinski definition) is 2. The minimum absolute atomic E-state index is 0.358. The van der Waals surface area contributed by atoms with Crippen LogP contribution in [0.15, 0.2) is 60.8 Å². The third kappa shape index (κ3) is 7.12. The molecule has 4 aromatic rings. The molecule has 0 bridgehead atoms. The Morgan fingerprint density at radius 2 is 1.77 bits per heavy atom. The van der Waals surface area contributed by atoms with E-state index >= 15 is 0 Å². The van der Waals surface area contributed by atoms with E-state index in [0.717, 1.165) is 66.3 Å². The lowest BCUT2D eigenvalue weighted by atomic mass is 9.98. The number of halogens is 4. The van der Waals surface area contributed by atoms with Crippen molar-refractivity contribution in [3.8, 4) is 11.1 Å². The maximum atomic E-state index is 13.8. The Kier molecular flexibility index (Phi) is 8.99. The fourth-order valence-electron chi connectivity index (χ4n) is 4.43. The van der Waals surface area contributed by atoms with Gasteiger partial charge >= 0.3 is 6.18 Å². The molecule has 3 aromatic carbocycles. The topological polar surface area (TPSA) is 70.2 Å². The molecule has 0 saturated heterocycles. The Hall–Kier alpha value is -4.05. The van der Waals surface area contributed by atoms with Crippen molar-refractivity contribution in [2.45, 2.75) is 33.4 Å². The van der Waals surface area contributed by atoms with Crippen LogP contribution in [-0.2, 0) is 6.18 Å². The van der Waals surface area contributed by atoms with Crippen LogP contribution in [0.4, 0.5) is 29.2 Å². The van der Waals surface area contributed by atoms with Crippen LogP contribution in [0.1, 0.15) is 41.8 Å². The predicted octanol–water partition coefficient (Wildman–Crippen LogP) is 7.16. The Balaban J connectivity index is 1.50. The summed E-state index contributed by atoms with van der Waals surface area (Å²) < 4.78 is 53.0. The Morgan fingerprint density at radius 3 is 2.50 bits per heavy atom. The molecule has 40 heavy (non-hydrogen) atoms. The molecule has 1 heterocycles. The molecule has 1 aromatic heterocycles. The van der Waals surface area contributed by atoms with E-state index in [1.54, 1.807) is 24.4 Å². The summed E-state index contributed by atoms with van der Waals surface area (Å²) >= 11 is 0. The average Bonchev–Trinajstić information content (AvgIpc) is 2.93. The zero-order chi connectivity index (χ0) is 28.9. The first-order valence-corrected chi connectivity index (χ1v) is 13.1. The standard InChI is InChI=1S/C30H31F4N5O/c1-4-39(5-2)12-6-11-35-29-36-18-22-13-20(8-10-27(22)38-29)26-17-25(9-7-19(26)3)37-28(40)21-14-23(30(32,33)34)16-24(31)15-21/h7-10,13-18H,4-6,11-12H2,1-3H3,(H,37,40)(H,35,36,38). The smallest absolute Gasteiger partial charge is 0.354 e. The van der Waals surface area contributed by atoms with Gasteiger partial charge in [-0.3, -0.25) is 4.79 Å². The van der Waals surface area contributed by atoms with Crippen molar-refractivity contribution >= 4 is 28.4 Å². The van der Waals surface area contributed by atoms with Gasteiger partial charge in [0.2, 0.25) is 5.95 Å². The minimum atomic E-state index is -4.77. The third-order valence-corrected chi connectivity index (χ3v) is 6.70. The molecule has 2 N–H and O–H groups in total. The van der Waals surface area contributed by atoms with Crippen LogP contribution in [-0.4, -0.2) is 47.0 Å². The second-order valence-electron chi connectivity index (χ2n) is 9.48. The number of hydrogen-bond acceptors (Lipinski definition) is 5. The van der Waals surface area contributed by atoms with Gasteiger partial charge in [-0.1, -0.05) is 26.0 Å². The third-order valence-electron chi connectivity index (χ3n) is 6.70. The van der Waals surface area contributed by atoms with Gasteiger partial charge in [-0.2, -0.15) is 13.2 Å². The zero-order valence-corrected chi connectivity index (χ0v) is 22.6. The molecule has 4 rings (SSSR count). The lowest BCUT2D eigenvalue weighted by Crippen LogP contribution is -2.25. The molecule has 0 aliphatic heterocycles. The van der Waals surface area contributed by atoms with Crippen LogP contribution in [0.5, 0.6) is 0 Å². The predicted molar refractivity (Wildman–Crippen MR) is 150 cm³/mol. The fourth-order valence-corrected chi connectivity index (χ4v) is 4.43. The molecule has 10 heteroatoms. The number of benzene rings is 3. The van der Waals surface area contributed by atoms with Crippen molar-refractivity contribution in [3.63, 3.8) is 0 Å². The minimum Gasteiger partial charge on any atom is -0.354 e. The fraction of sp³-hybridized carbons (Fsp3) is 0.300. The number of rotatable bonds is 10. The van der Waals surface area contributed by atoms with Crippen molar-refractivity contribution in [1.82, 2.24) is 14.9 Å². The van der Waals surface area contributed by atoms with Crippen LogP contribution in [0.2, 0.25) is 0 Å². The molecular formula is C30H31F4N5O. The number of carbonyl (C=O) groups excluding carboxylic acids is 1. The second-order valence-corrected chi connectivity index (χ2v) is 9.48. The molecule has 0 spiro atoms. The van der Waals surface area contributed by atoms with Crippen molar-refractivity contribution in [3.05, 3.63) is 83.3 Å². The summed E-state index contributed by atoms with van der Waals surface area (Å²) in [5.41, 5.74) is 2.09. The average molecular weight is 554 g/mol. The van der Waals surface area contributed by atoms with Crippen molar-refractivity contribution < 1.29 is 22.4 Å². The summed E-state index contributed by atoms with van der Waals surface area (Å²) in [6.07, 6.45) is -2.03. The van der Waals surface area contributed by atoms with E-state index in [2.05, 4.69) is 39.3 Å². The Bertz CT molecular complexity index is 1500. The highest BCUT2D eigenvalue weighted by Gasteiger charge is 2.32. The Morgan fingerprint density at radius 1 is 1.00 bits per heavy atom. The van der Waals surface area contributed by atoms with E-state index in [-0.39, 0.29) is 0 Å². The maximum absolute atomic E-state index is 13.8.